The second kappa shape index (κ2) is 3.23. The molecule has 4 fully saturated rings. The zero-order chi connectivity index (χ0) is 10.5. The highest BCUT2D eigenvalue weighted by Gasteiger charge is 2.48. The van der Waals surface area contributed by atoms with Crippen molar-refractivity contribution >= 4 is 5.91 Å². The van der Waals surface area contributed by atoms with Crippen LogP contribution in [-0.2, 0) is 4.79 Å². The quantitative estimate of drug-likeness (QED) is 0.703. The van der Waals surface area contributed by atoms with Gasteiger partial charge >= 0.3 is 0 Å². The van der Waals surface area contributed by atoms with Crippen LogP contribution in [0.3, 0.4) is 0 Å². The third-order valence-corrected chi connectivity index (χ3v) is 4.80. The summed E-state index contributed by atoms with van der Waals surface area (Å²) in [5.74, 6) is 2.90. The van der Waals surface area contributed by atoms with E-state index in [1.807, 2.05) is 0 Å². The van der Waals surface area contributed by atoms with Crippen LogP contribution in [0.5, 0.6) is 0 Å². The van der Waals surface area contributed by atoms with Crippen molar-refractivity contribution in [2.24, 2.45) is 17.8 Å². The van der Waals surface area contributed by atoms with Crippen molar-refractivity contribution in [3.05, 3.63) is 0 Å². The van der Waals surface area contributed by atoms with Gasteiger partial charge in [0.05, 0.1) is 0 Å². The molecule has 4 bridgehead atoms. The van der Waals surface area contributed by atoms with E-state index in [0.29, 0.717) is 0 Å². The first-order chi connectivity index (χ1) is 7.15. The SMILES string of the molecule is CC(=O)NC12CC3C[C@@H](CC[C@H](C3)C1)C2. The fourth-order valence-corrected chi connectivity index (χ4v) is 4.72. The molecule has 2 atom stereocenters. The molecule has 0 radical (unpaired) electrons. The van der Waals surface area contributed by atoms with Crippen molar-refractivity contribution < 1.29 is 4.79 Å². The van der Waals surface area contributed by atoms with Crippen molar-refractivity contribution in [3.8, 4) is 0 Å². The Balaban J connectivity index is 1.87. The molecule has 15 heavy (non-hydrogen) atoms. The number of carbonyl (C=O) groups is 1. The third kappa shape index (κ3) is 1.68. The molecule has 0 aromatic heterocycles. The van der Waals surface area contributed by atoms with Gasteiger partial charge in [0.2, 0.25) is 5.91 Å². The molecule has 4 aliphatic rings. The molecule has 0 saturated heterocycles. The highest BCUT2D eigenvalue weighted by Crippen LogP contribution is 2.53. The Morgan fingerprint density at radius 1 is 1.07 bits per heavy atom. The number of hydrogen-bond donors (Lipinski definition) is 1. The second-order valence-corrected chi connectivity index (χ2v) is 6.22. The first kappa shape index (κ1) is 9.68. The lowest BCUT2D eigenvalue weighted by Crippen LogP contribution is -2.55. The number of rotatable bonds is 1. The van der Waals surface area contributed by atoms with Crippen LogP contribution in [0.15, 0.2) is 0 Å². The summed E-state index contributed by atoms with van der Waals surface area (Å²) in [7, 11) is 0. The predicted octanol–water partition coefficient (Wildman–Crippen LogP) is 2.48. The van der Waals surface area contributed by atoms with E-state index >= 15 is 0 Å². The molecule has 0 unspecified atom stereocenters. The van der Waals surface area contributed by atoms with Gasteiger partial charge in [-0.1, -0.05) is 12.8 Å². The van der Waals surface area contributed by atoms with Gasteiger partial charge in [0.1, 0.15) is 0 Å². The smallest absolute Gasteiger partial charge is 0.217 e. The van der Waals surface area contributed by atoms with E-state index in [4.69, 9.17) is 0 Å². The summed E-state index contributed by atoms with van der Waals surface area (Å²) >= 11 is 0. The number of amides is 1. The zero-order valence-electron chi connectivity index (χ0n) is 9.59. The van der Waals surface area contributed by atoms with E-state index in [0.717, 1.165) is 17.8 Å². The maximum Gasteiger partial charge on any atom is 0.217 e. The van der Waals surface area contributed by atoms with E-state index < -0.39 is 0 Å². The van der Waals surface area contributed by atoms with Gasteiger partial charge in [-0.15, -0.1) is 0 Å². The molecule has 84 valence electrons. The van der Waals surface area contributed by atoms with Crippen molar-refractivity contribution in [2.75, 3.05) is 0 Å². The van der Waals surface area contributed by atoms with E-state index in [2.05, 4.69) is 5.32 Å². The normalized spacial score (nSPS) is 47.7. The molecule has 2 nitrogen and oxygen atoms in total. The Morgan fingerprint density at radius 3 is 2.13 bits per heavy atom. The zero-order valence-corrected chi connectivity index (χ0v) is 9.59. The number of hydrogen-bond acceptors (Lipinski definition) is 1. The number of carbonyl (C=O) groups excluding carboxylic acids is 1. The Kier molecular flexibility index (Phi) is 2.08. The van der Waals surface area contributed by atoms with Crippen LogP contribution in [0, 0.1) is 17.8 Å². The first-order valence-electron chi connectivity index (χ1n) is 6.44. The standard InChI is InChI=1S/C13H21NO/c1-9(15)14-13-6-10-2-3-11(7-13)5-12(4-10)8-13/h10-12H,2-8H2,1H3,(H,14,15)/t10-,11-,12?,13?/m1/s1. The lowest BCUT2D eigenvalue weighted by molar-refractivity contribution is -0.122. The van der Waals surface area contributed by atoms with E-state index in [1.54, 1.807) is 6.92 Å². The van der Waals surface area contributed by atoms with Crippen molar-refractivity contribution in [2.45, 2.75) is 57.4 Å². The third-order valence-electron chi connectivity index (χ3n) is 4.80. The lowest BCUT2D eigenvalue weighted by atomic mass is 9.63. The van der Waals surface area contributed by atoms with E-state index in [9.17, 15) is 4.79 Å². The highest BCUT2D eigenvalue weighted by molar-refractivity contribution is 5.73. The maximum absolute atomic E-state index is 11.3. The van der Waals surface area contributed by atoms with Crippen molar-refractivity contribution in [1.82, 2.24) is 5.32 Å². The van der Waals surface area contributed by atoms with Gasteiger partial charge in [-0.25, -0.2) is 0 Å². The molecule has 0 aliphatic heterocycles. The average molecular weight is 207 g/mol. The summed E-state index contributed by atoms with van der Waals surface area (Å²) in [4.78, 5) is 11.3. The summed E-state index contributed by atoms with van der Waals surface area (Å²) in [5, 5.41) is 3.29. The minimum Gasteiger partial charge on any atom is -0.351 e. The molecular weight excluding hydrogens is 186 g/mol. The van der Waals surface area contributed by atoms with Crippen LogP contribution in [0.1, 0.15) is 51.9 Å². The van der Waals surface area contributed by atoms with Crippen molar-refractivity contribution in [1.29, 1.82) is 0 Å². The molecular formula is C13H21NO. The van der Waals surface area contributed by atoms with Gasteiger partial charge in [0.15, 0.2) is 0 Å². The molecule has 0 heterocycles. The number of fused-ring (bicyclic) bond motifs is 1. The fraction of sp³-hybridized carbons (Fsp3) is 0.923. The minimum absolute atomic E-state index is 0.178. The van der Waals surface area contributed by atoms with Gasteiger partial charge in [0.25, 0.3) is 0 Å². The van der Waals surface area contributed by atoms with Crippen LogP contribution in [0.4, 0.5) is 0 Å². The van der Waals surface area contributed by atoms with Crippen molar-refractivity contribution in [3.63, 3.8) is 0 Å². The summed E-state index contributed by atoms with van der Waals surface area (Å²) in [6, 6.07) is 0. The topological polar surface area (TPSA) is 29.1 Å². The van der Waals surface area contributed by atoms with Gasteiger partial charge in [-0.2, -0.15) is 0 Å². The van der Waals surface area contributed by atoms with Crippen LogP contribution < -0.4 is 5.32 Å². The Bertz CT molecular complexity index is 270. The van der Waals surface area contributed by atoms with Gasteiger partial charge in [-0.05, 0) is 49.9 Å². The Morgan fingerprint density at radius 2 is 1.60 bits per heavy atom. The van der Waals surface area contributed by atoms with E-state index in [-0.39, 0.29) is 11.4 Å². The molecule has 0 aromatic carbocycles. The van der Waals surface area contributed by atoms with Gasteiger partial charge in [0, 0.05) is 12.5 Å². The summed E-state index contributed by atoms with van der Waals surface area (Å²) in [6.45, 7) is 1.68. The van der Waals surface area contributed by atoms with Crippen LogP contribution in [-0.4, -0.2) is 11.4 Å². The molecule has 4 rings (SSSR count). The van der Waals surface area contributed by atoms with Gasteiger partial charge < -0.3 is 5.32 Å². The van der Waals surface area contributed by atoms with E-state index in [1.165, 1.54) is 44.9 Å². The minimum atomic E-state index is 0.178. The fourth-order valence-electron chi connectivity index (χ4n) is 4.72. The molecule has 2 heteroatoms. The Labute approximate surface area is 91.8 Å². The van der Waals surface area contributed by atoms with Crippen LogP contribution >= 0.6 is 0 Å². The number of nitrogens with one attached hydrogen (secondary N) is 1. The second-order valence-electron chi connectivity index (χ2n) is 6.22. The molecule has 1 amide bonds. The summed E-state index contributed by atoms with van der Waals surface area (Å²) in [5.41, 5.74) is 0.207. The average Bonchev–Trinajstić information content (AvgIpc) is 2.29. The first-order valence-corrected chi connectivity index (χ1v) is 6.44. The summed E-state index contributed by atoms with van der Waals surface area (Å²) < 4.78 is 0. The predicted molar refractivity (Wildman–Crippen MR) is 59.3 cm³/mol. The van der Waals surface area contributed by atoms with Crippen LogP contribution in [0.25, 0.3) is 0 Å². The van der Waals surface area contributed by atoms with Gasteiger partial charge in [-0.3, -0.25) is 4.79 Å². The lowest BCUT2D eigenvalue weighted by Gasteiger charge is -2.48. The summed E-state index contributed by atoms with van der Waals surface area (Å²) in [6.07, 6.45) is 9.51. The molecule has 4 aliphatic carbocycles. The largest absolute Gasteiger partial charge is 0.351 e. The maximum atomic E-state index is 11.3. The molecule has 0 aromatic rings. The highest BCUT2D eigenvalue weighted by atomic mass is 16.1. The van der Waals surface area contributed by atoms with Crippen LogP contribution in [0.2, 0.25) is 0 Å². The molecule has 1 N–H and O–H groups in total. The molecule has 4 saturated carbocycles. The molecule has 0 spiro atoms. The monoisotopic (exact) mass is 207 g/mol. The Hall–Kier alpha value is -0.530.